The zero-order valence-electron chi connectivity index (χ0n) is 34.8. The van der Waals surface area contributed by atoms with E-state index in [-0.39, 0.29) is 0 Å². The molecule has 0 bridgehead atoms. The van der Waals surface area contributed by atoms with Gasteiger partial charge in [0.15, 0.2) is 0 Å². The van der Waals surface area contributed by atoms with Crippen molar-refractivity contribution in [3.05, 3.63) is 224 Å². The highest BCUT2D eigenvalue weighted by Gasteiger charge is 2.25. The summed E-state index contributed by atoms with van der Waals surface area (Å²) in [6.07, 6.45) is 2.04. The second-order valence-electron chi connectivity index (χ2n) is 16.9. The fraction of sp³-hybridized carbons (Fsp3) is 0.0164. The third-order valence-corrected chi connectivity index (χ3v) is 13.6. The molecule has 0 aliphatic rings. The second-order valence-corrected chi connectivity index (χ2v) is 16.9. The lowest BCUT2D eigenvalue weighted by Gasteiger charge is -2.19. The fourth-order valence-electron chi connectivity index (χ4n) is 10.9. The maximum absolute atomic E-state index is 4.40. The number of fused-ring (bicyclic) bond motifs is 6. The van der Waals surface area contributed by atoms with Gasteiger partial charge in [-0.3, -0.25) is 0 Å². The van der Waals surface area contributed by atoms with E-state index in [0.29, 0.717) is 0 Å². The van der Waals surface area contributed by atoms with Crippen molar-refractivity contribution in [2.45, 2.75) is 6.92 Å². The number of aromatic nitrogens is 2. The Labute approximate surface area is 365 Å². The van der Waals surface area contributed by atoms with Crippen molar-refractivity contribution < 1.29 is 0 Å². The summed E-state index contributed by atoms with van der Waals surface area (Å²) >= 11 is 0. The molecule has 0 fully saturated rings. The molecule has 294 valence electrons. The lowest BCUT2D eigenvalue weighted by molar-refractivity contribution is 1.13. The van der Waals surface area contributed by atoms with Gasteiger partial charge in [-0.1, -0.05) is 195 Å². The molecule has 2 heterocycles. The molecule has 0 N–H and O–H groups in total. The third kappa shape index (κ3) is 5.07. The minimum atomic E-state index is 1.12. The van der Waals surface area contributed by atoms with Crippen LogP contribution in [0.3, 0.4) is 0 Å². The van der Waals surface area contributed by atoms with Gasteiger partial charge in [0.2, 0.25) is 0 Å². The first-order valence-corrected chi connectivity index (χ1v) is 21.8. The minimum Gasteiger partial charge on any atom is -0.308 e. The van der Waals surface area contributed by atoms with Crippen molar-refractivity contribution in [3.63, 3.8) is 0 Å². The monoisotopic (exact) mass is 800 g/mol. The van der Waals surface area contributed by atoms with Gasteiger partial charge in [-0.25, -0.2) is 0 Å². The van der Waals surface area contributed by atoms with Crippen molar-refractivity contribution in [2.75, 3.05) is 0 Å². The number of hydrogen-bond acceptors (Lipinski definition) is 0. The van der Waals surface area contributed by atoms with Gasteiger partial charge in [0, 0.05) is 55.2 Å². The molecule has 0 amide bonds. The van der Waals surface area contributed by atoms with Crippen LogP contribution in [0.1, 0.15) is 11.1 Å². The van der Waals surface area contributed by atoms with Gasteiger partial charge >= 0.3 is 0 Å². The van der Waals surface area contributed by atoms with E-state index in [1.165, 1.54) is 109 Å². The lowest BCUT2D eigenvalue weighted by atomic mass is 9.86. The standard InChI is InChI=1S/C61H40N2/c1-3-44-51-24-14-25-52(60(51)62(42-18-6-4-7-19-42)58(44)45-22-12-10-16-38(45)2)47-33-29-40-32-36-50-48(34-30-41-31-35-49(47)56(40)57(41)50)53-26-15-27-54-55-37-28-39-17-11-13-23-46(39)59(55)63(61(53)54)43-20-8-5-9-21-43/h3-37H,1H2,2H3. The first kappa shape index (κ1) is 35.5. The summed E-state index contributed by atoms with van der Waals surface area (Å²) < 4.78 is 4.97. The van der Waals surface area contributed by atoms with Crippen LogP contribution in [0.5, 0.6) is 0 Å². The van der Waals surface area contributed by atoms with Crippen molar-refractivity contribution in [1.82, 2.24) is 9.13 Å². The van der Waals surface area contributed by atoms with Crippen LogP contribution in [-0.2, 0) is 0 Å². The highest BCUT2D eigenvalue weighted by Crippen LogP contribution is 2.48. The topological polar surface area (TPSA) is 9.86 Å². The molecule has 0 aliphatic heterocycles. The van der Waals surface area contributed by atoms with Crippen molar-refractivity contribution in [2.24, 2.45) is 0 Å². The first-order chi connectivity index (χ1) is 31.2. The Hall–Kier alpha value is -8.20. The van der Waals surface area contributed by atoms with Crippen LogP contribution < -0.4 is 0 Å². The van der Waals surface area contributed by atoms with E-state index in [0.717, 1.165) is 22.6 Å². The van der Waals surface area contributed by atoms with Crippen molar-refractivity contribution >= 4 is 81.9 Å². The molecule has 0 unspecified atom stereocenters. The molecule has 0 radical (unpaired) electrons. The average molecular weight is 801 g/mol. The Morgan fingerprint density at radius 1 is 0.333 bits per heavy atom. The maximum atomic E-state index is 4.40. The lowest BCUT2D eigenvalue weighted by Crippen LogP contribution is -2.00. The van der Waals surface area contributed by atoms with Crippen LogP contribution in [-0.4, -0.2) is 9.13 Å². The Balaban J connectivity index is 1.11. The van der Waals surface area contributed by atoms with Crippen LogP contribution >= 0.6 is 0 Å². The van der Waals surface area contributed by atoms with E-state index in [1.807, 2.05) is 6.08 Å². The summed E-state index contributed by atoms with van der Waals surface area (Å²) in [4.78, 5) is 0. The summed E-state index contributed by atoms with van der Waals surface area (Å²) in [5.74, 6) is 0. The normalized spacial score (nSPS) is 12.0. The molecule has 0 aliphatic carbocycles. The van der Waals surface area contributed by atoms with Crippen LogP contribution in [0.4, 0.5) is 0 Å². The molecule has 0 atom stereocenters. The smallest absolute Gasteiger partial charge is 0.0619 e. The Kier molecular flexibility index (Phi) is 7.71. The van der Waals surface area contributed by atoms with E-state index < -0.39 is 0 Å². The molecule has 13 aromatic rings. The summed E-state index contributed by atoms with van der Waals surface area (Å²) in [6.45, 7) is 6.60. The maximum Gasteiger partial charge on any atom is 0.0619 e. The molecule has 2 aromatic heterocycles. The highest BCUT2D eigenvalue weighted by molar-refractivity contribution is 6.29. The second kappa shape index (κ2) is 13.7. The van der Waals surface area contributed by atoms with Crippen molar-refractivity contribution in [1.29, 1.82) is 0 Å². The number of aryl methyl sites for hydroxylation is 1. The van der Waals surface area contributed by atoms with Gasteiger partial charge < -0.3 is 9.13 Å². The van der Waals surface area contributed by atoms with Crippen LogP contribution in [0, 0.1) is 6.92 Å². The van der Waals surface area contributed by atoms with Crippen molar-refractivity contribution in [3.8, 4) is 44.9 Å². The number of rotatable bonds is 6. The van der Waals surface area contributed by atoms with E-state index in [9.17, 15) is 0 Å². The van der Waals surface area contributed by atoms with Crippen LogP contribution in [0.25, 0.3) is 127 Å². The number of nitrogens with zero attached hydrogens (tertiary/aromatic N) is 2. The summed E-state index contributed by atoms with van der Waals surface area (Å²) in [7, 11) is 0. The third-order valence-electron chi connectivity index (χ3n) is 13.6. The Bertz CT molecular complexity index is 3980. The SMILES string of the molecule is C=Cc1c(-c2ccccc2C)n(-c2ccccc2)c2c(-c3ccc4ccc5c(-c6cccc7c8ccc9ccccc9c8n(-c8ccccc8)c67)ccc6ccc3c4c65)cccc12. The van der Waals surface area contributed by atoms with E-state index in [1.54, 1.807) is 0 Å². The molecular weight excluding hydrogens is 761 g/mol. The Morgan fingerprint density at radius 3 is 1.46 bits per heavy atom. The minimum absolute atomic E-state index is 1.12. The summed E-state index contributed by atoms with van der Waals surface area (Å²) in [5.41, 5.74) is 15.5. The van der Waals surface area contributed by atoms with Gasteiger partial charge in [0.1, 0.15) is 0 Å². The van der Waals surface area contributed by atoms with Gasteiger partial charge in [0.25, 0.3) is 0 Å². The number of hydrogen-bond donors (Lipinski definition) is 0. The molecule has 0 spiro atoms. The molecular formula is C61H40N2. The first-order valence-electron chi connectivity index (χ1n) is 21.8. The molecule has 0 saturated heterocycles. The van der Waals surface area contributed by atoms with E-state index in [2.05, 4.69) is 229 Å². The van der Waals surface area contributed by atoms with Gasteiger partial charge in [-0.2, -0.15) is 0 Å². The molecule has 0 saturated carbocycles. The number of para-hydroxylation sites is 4. The largest absolute Gasteiger partial charge is 0.308 e. The zero-order chi connectivity index (χ0) is 41.8. The molecule has 2 heteroatoms. The fourth-order valence-corrected chi connectivity index (χ4v) is 10.9. The van der Waals surface area contributed by atoms with E-state index in [4.69, 9.17) is 0 Å². The quantitative estimate of drug-likeness (QED) is 0.148. The Morgan fingerprint density at radius 2 is 0.810 bits per heavy atom. The molecule has 2 nitrogen and oxygen atoms in total. The van der Waals surface area contributed by atoms with E-state index >= 15 is 0 Å². The number of benzene rings is 11. The predicted octanol–water partition coefficient (Wildman–Crippen LogP) is 16.7. The van der Waals surface area contributed by atoms with Gasteiger partial charge in [-0.15, -0.1) is 0 Å². The van der Waals surface area contributed by atoms with Crippen LogP contribution in [0.15, 0.2) is 213 Å². The average Bonchev–Trinajstić information content (AvgIpc) is 3.87. The molecule has 63 heavy (non-hydrogen) atoms. The predicted molar refractivity (Wildman–Crippen MR) is 270 cm³/mol. The van der Waals surface area contributed by atoms with Gasteiger partial charge in [-0.05, 0) is 85.6 Å². The summed E-state index contributed by atoms with van der Waals surface area (Å²) in [6, 6.07) is 76.1. The zero-order valence-corrected chi connectivity index (χ0v) is 34.8. The highest BCUT2D eigenvalue weighted by atomic mass is 15.0. The molecule has 11 aromatic carbocycles. The van der Waals surface area contributed by atoms with Crippen LogP contribution in [0.2, 0.25) is 0 Å². The molecule has 13 rings (SSSR count). The summed E-state index contributed by atoms with van der Waals surface area (Å²) in [5, 5.41) is 13.8. The van der Waals surface area contributed by atoms with Gasteiger partial charge in [0.05, 0.1) is 22.2 Å².